The summed E-state index contributed by atoms with van der Waals surface area (Å²) in [5.41, 5.74) is 6.44. The third kappa shape index (κ3) is 4.62. The van der Waals surface area contributed by atoms with Crippen LogP contribution in [-0.2, 0) is 20.9 Å². The zero-order valence-electron chi connectivity index (χ0n) is 16.7. The lowest BCUT2D eigenvalue weighted by Gasteiger charge is -2.05. The number of hydrogen-bond acceptors (Lipinski definition) is 10. The number of hydrogen-bond donors (Lipinski definition) is 2. The van der Waals surface area contributed by atoms with Crippen LogP contribution >= 0.6 is 0 Å². The molecule has 2 aromatic heterocycles. The van der Waals surface area contributed by atoms with Crippen LogP contribution in [0.25, 0.3) is 17.2 Å². The Hall–Kier alpha value is -4.39. The zero-order valence-corrected chi connectivity index (χ0v) is 16.7. The number of phenolic OH excluding ortho intramolecular Hbond substituents is 1. The first-order chi connectivity index (χ1) is 14.8. The highest BCUT2D eigenvalue weighted by Crippen LogP contribution is 2.29. The number of nitrogens with two attached hydrogens (primary N) is 1. The van der Waals surface area contributed by atoms with Crippen LogP contribution in [-0.4, -0.2) is 33.6 Å². The van der Waals surface area contributed by atoms with Gasteiger partial charge in [-0.2, -0.15) is 10.2 Å². The van der Waals surface area contributed by atoms with E-state index in [4.69, 9.17) is 19.6 Å². The van der Waals surface area contributed by atoms with E-state index >= 15 is 0 Å². The minimum absolute atomic E-state index is 0.0314. The van der Waals surface area contributed by atoms with Crippen molar-refractivity contribution in [3.63, 3.8) is 0 Å². The average Bonchev–Trinajstić information content (AvgIpc) is 3.08. The summed E-state index contributed by atoms with van der Waals surface area (Å²) in [6.07, 6.45) is 1.32. The number of esters is 2. The minimum atomic E-state index is -0.888. The van der Waals surface area contributed by atoms with Gasteiger partial charge in [0.2, 0.25) is 5.71 Å². The molecule has 0 radical (unpaired) electrons. The molecule has 1 aromatic carbocycles. The van der Waals surface area contributed by atoms with Crippen LogP contribution in [0.3, 0.4) is 0 Å². The van der Waals surface area contributed by atoms with Crippen molar-refractivity contribution in [1.29, 1.82) is 5.26 Å². The molecule has 0 bridgehead atoms. The monoisotopic (exact) mass is 422 g/mol. The van der Waals surface area contributed by atoms with Gasteiger partial charge in [-0.15, -0.1) is 0 Å². The second kappa shape index (κ2) is 8.96. The number of nitrogens with zero attached hydrogens (tertiary/aromatic N) is 3. The number of fused-ring (bicyclic) bond motifs is 1. The van der Waals surface area contributed by atoms with Crippen molar-refractivity contribution in [3.8, 4) is 11.8 Å². The fraction of sp³-hybridized carbons (Fsp3) is 0.190. The Labute approximate surface area is 176 Å². The van der Waals surface area contributed by atoms with Crippen molar-refractivity contribution >= 4 is 34.9 Å². The van der Waals surface area contributed by atoms with Crippen molar-refractivity contribution < 1.29 is 28.6 Å². The predicted octanol–water partition coefficient (Wildman–Crippen LogP) is 2.65. The van der Waals surface area contributed by atoms with Crippen LogP contribution < -0.4 is 5.73 Å². The molecule has 3 aromatic rings. The lowest BCUT2D eigenvalue weighted by Crippen LogP contribution is -2.10. The van der Waals surface area contributed by atoms with Gasteiger partial charge in [-0.1, -0.05) is 12.1 Å². The number of rotatable bonds is 6. The van der Waals surface area contributed by atoms with E-state index in [2.05, 4.69) is 9.97 Å². The highest BCUT2D eigenvalue weighted by molar-refractivity contribution is 6.07. The number of ether oxygens (including phenoxy) is 2. The van der Waals surface area contributed by atoms with E-state index in [1.165, 1.54) is 30.3 Å². The molecule has 0 aliphatic heterocycles. The van der Waals surface area contributed by atoms with Crippen molar-refractivity contribution in [2.75, 3.05) is 12.3 Å². The van der Waals surface area contributed by atoms with Gasteiger partial charge in [-0.3, -0.25) is 0 Å². The van der Waals surface area contributed by atoms with E-state index < -0.39 is 11.9 Å². The maximum absolute atomic E-state index is 12.3. The van der Waals surface area contributed by atoms with E-state index in [1.54, 1.807) is 19.9 Å². The Morgan fingerprint density at radius 2 is 1.97 bits per heavy atom. The Morgan fingerprint density at radius 3 is 2.61 bits per heavy atom. The molecule has 0 aliphatic carbocycles. The summed E-state index contributed by atoms with van der Waals surface area (Å²) >= 11 is 0. The molecule has 0 unspecified atom stereocenters. The van der Waals surface area contributed by atoms with Gasteiger partial charge in [0.05, 0.1) is 12.0 Å². The molecular formula is C21H18N4O6. The number of furan rings is 1. The van der Waals surface area contributed by atoms with Gasteiger partial charge in [0, 0.05) is 0 Å². The summed E-state index contributed by atoms with van der Waals surface area (Å²) in [5, 5.41) is 18.8. The molecule has 0 aliphatic rings. The topological polar surface area (TPSA) is 162 Å². The van der Waals surface area contributed by atoms with Gasteiger partial charge >= 0.3 is 11.9 Å². The van der Waals surface area contributed by atoms with Gasteiger partial charge < -0.3 is 24.7 Å². The van der Waals surface area contributed by atoms with E-state index in [0.29, 0.717) is 5.56 Å². The van der Waals surface area contributed by atoms with Crippen molar-refractivity contribution in [2.24, 2.45) is 0 Å². The number of carbonyl (C=O) groups is 2. The second-order valence-corrected chi connectivity index (χ2v) is 6.30. The third-order valence-electron chi connectivity index (χ3n) is 4.16. The molecular weight excluding hydrogens is 404 g/mol. The summed E-state index contributed by atoms with van der Waals surface area (Å²) in [4.78, 5) is 32.6. The van der Waals surface area contributed by atoms with Gasteiger partial charge in [0.1, 0.15) is 34.5 Å². The first-order valence-electron chi connectivity index (χ1n) is 9.14. The number of phenols is 1. The summed E-state index contributed by atoms with van der Waals surface area (Å²) in [5.74, 6) is -1.16. The third-order valence-corrected chi connectivity index (χ3v) is 4.16. The van der Waals surface area contributed by atoms with Crippen LogP contribution in [0, 0.1) is 18.3 Å². The number of benzene rings is 1. The second-order valence-electron chi connectivity index (χ2n) is 6.30. The molecule has 0 saturated carbocycles. The van der Waals surface area contributed by atoms with Gasteiger partial charge in [-0.05, 0) is 37.6 Å². The van der Waals surface area contributed by atoms with Crippen LogP contribution in [0.1, 0.15) is 34.4 Å². The number of carbonyl (C=O) groups excluding carboxylic acids is 2. The Bertz CT molecular complexity index is 1220. The SMILES string of the molecule is CCOC(=O)c1c(C)oc2nc(COC(=O)/C(C#N)=C/c3ccc(O)cc3)nc(N)c12. The minimum Gasteiger partial charge on any atom is -0.508 e. The van der Waals surface area contributed by atoms with Crippen molar-refractivity contribution in [3.05, 3.63) is 52.6 Å². The fourth-order valence-electron chi connectivity index (χ4n) is 2.78. The van der Waals surface area contributed by atoms with Gasteiger partial charge in [0.15, 0.2) is 12.4 Å². The molecule has 0 fully saturated rings. The smallest absolute Gasteiger partial charge is 0.349 e. The summed E-state index contributed by atoms with van der Waals surface area (Å²) in [7, 11) is 0. The summed E-state index contributed by atoms with van der Waals surface area (Å²) < 4.78 is 15.6. The fourth-order valence-corrected chi connectivity index (χ4v) is 2.78. The maximum Gasteiger partial charge on any atom is 0.349 e. The molecule has 0 amide bonds. The Kier molecular flexibility index (Phi) is 6.16. The van der Waals surface area contributed by atoms with E-state index in [1.807, 2.05) is 0 Å². The number of anilines is 1. The van der Waals surface area contributed by atoms with Crippen molar-refractivity contribution in [1.82, 2.24) is 9.97 Å². The maximum atomic E-state index is 12.3. The van der Waals surface area contributed by atoms with E-state index in [-0.39, 0.29) is 58.6 Å². The highest BCUT2D eigenvalue weighted by Gasteiger charge is 2.24. The molecule has 158 valence electrons. The van der Waals surface area contributed by atoms with E-state index in [9.17, 15) is 20.0 Å². The molecule has 3 rings (SSSR count). The molecule has 31 heavy (non-hydrogen) atoms. The largest absolute Gasteiger partial charge is 0.508 e. The quantitative estimate of drug-likeness (QED) is 0.343. The van der Waals surface area contributed by atoms with Crippen LogP contribution in [0.2, 0.25) is 0 Å². The molecule has 10 nitrogen and oxygen atoms in total. The molecule has 0 atom stereocenters. The number of nitriles is 1. The van der Waals surface area contributed by atoms with Crippen LogP contribution in [0.15, 0.2) is 34.3 Å². The van der Waals surface area contributed by atoms with Gasteiger partial charge in [0.25, 0.3) is 0 Å². The first-order valence-corrected chi connectivity index (χ1v) is 9.14. The number of aromatic hydroxyl groups is 1. The molecule has 10 heteroatoms. The standard InChI is InChI=1S/C21H18N4O6/c1-3-29-21(28)16-11(2)31-19-17(16)18(23)24-15(25-19)10-30-20(27)13(9-22)8-12-4-6-14(26)7-5-12/h4-8,26H,3,10H2,1-2H3,(H2,23,24,25)/b13-8+. The molecule has 0 spiro atoms. The molecule has 3 N–H and O–H groups in total. The summed E-state index contributed by atoms with van der Waals surface area (Å²) in [6.45, 7) is 3.05. The lowest BCUT2D eigenvalue weighted by atomic mass is 10.1. The molecule has 2 heterocycles. The highest BCUT2D eigenvalue weighted by atomic mass is 16.5. The van der Waals surface area contributed by atoms with Crippen LogP contribution in [0.5, 0.6) is 5.75 Å². The zero-order chi connectivity index (χ0) is 22.5. The number of aryl methyl sites for hydroxylation is 1. The summed E-state index contributed by atoms with van der Waals surface area (Å²) in [6, 6.07) is 7.69. The van der Waals surface area contributed by atoms with Crippen LogP contribution in [0.4, 0.5) is 5.82 Å². The van der Waals surface area contributed by atoms with Gasteiger partial charge in [-0.25, -0.2) is 14.6 Å². The normalized spacial score (nSPS) is 11.2. The predicted molar refractivity (Wildman–Crippen MR) is 108 cm³/mol. The average molecular weight is 422 g/mol. The first kappa shape index (κ1) is 21.3. The number of nitrogen functional groups attached to an aromatic ring is 1. The van der Waals surface area contributed by atoms with Crippen molar-refractivity contribution in [2.45, 2.75) is 20.5 Å². The molecule has 0 saturated heterocycles. The lowest BCUT2D eigenvalue weighted by molar-refractivity contribution is -0.139. The number of aromatic nitrogens is 2. The Balaban J connectivity index is 1.80. The van der Waals surface area contributed by atoms with E-state index in [0.717, 1.165) is 0 Å². The Morgan fingerprint density at radius 1 is 1.26 bits per heavy atom.